The van der Waals surface area contributed by atoms with Gasteiger partial charge in [-0.15, -0.1) is 0 Å². The number of rotatable bonds is 8. The van der Waals surface area contributed by atoms with Gasteiger partial charge in [-0.3, -0.25) is 29.5 Å². The fraction of sp³-hybridized carbons (Fsp3) is 0.268. The molecule has 2 heterocycles. The molecule has 4 aromatic carbocycles. The molecule has 3 fully saturated rings. The molecule has 1 saturated carbocycles. The number of carbonyl (C=O) groups is 4. The van der Waals surface area contributed by atoms with Crippen LogP contribution in [0.25, 0.3) is 0 Å². The Hall–Kier alpha value is -4.59. The second-order valence-corrected chi connectivity index (χ2v) is 15.9. The van der Waals surface area contributed by atoms with Gasteiger partial charge in [-0.05, 0) is 126 Å². The zero-order chi connectivity index (χ0) is 38.1. The van der Waals surface area contributed by atoms with Crippen molar-refractivity contribution in [2.75, 3.05) is 24.0 Å². The van der Waals surface area contributed by atoms with E-state index in [1.807, 2.05) is 18.2 Å². The van der Waals surface area contributed by atoms with Crippen LogP contribution < -0.4 is 19.8 Å². The lowest BCUT2D eigenvalue weighted by molar-refractivity contribution is -0.138. The lowest BCUT2D eigenvalue weighted by Gasteiger charge is -2.50. The Morgan fingerprint density at radius 1 is 0.907 bits per heavy atom. The molecule has 2 aliphatic heterocycles. The van der Waals surface area contributed by atoms with E-state index in [4.69, 9.17) is 32.7 Å². The number of hydrogen-bond donors (Lipinski definition) is 2. The maximum Gasteiger partial charge on any atom is 0.260 e. The first-order chi connectivity index (χ1) is 26.0. The summed E-state index contributed by atoms with van der Waals surface area (Å²) < 4.78 is 12.3. The van der Waals surface area contributed by atoms with Gasteiger partial charge in [0, 0.05) is 14.5 Å². The summed E-state index contributed by atoms with van der Waals surface area (Å²) in [4.78, 5) is 60.3. The van der Waals surface area contributed by atoms with Gasteiger partial charge in [0.1, 0.15) is 5.75 Å². The highest BCUT2D eigenvalue weighted by Crippen LogP contribution is 2.64. The topological polar surface area (TPSA) is 125 Å². The number of imide groups is 2. The number of phenolic OH excluding ortho intramolecular Hbond substituents is 1. The zero-order valence-electron chi connectivity index (χ0n) is 29.1. The van der Waals surface area contributed by atoms with Crippen molar-refractivity contribution in [1.29, 1.82) is 0 Å². The molecule has 4 aliphatic rings. The molecule has 4 aromatic rings. The predicted molar refractivity (Wildman–Crippen MR) is 212 cm³/mol. The molecule has 0 radical (unpaired) electrons. The highest BCUT2D eigenvalue weighted by molar-refractivity contribution is 14.1. The molecule has 0 aromatic heterocycles. The molecule has 2 N–H and O–H groups in total. The Bertz CT molecular complexity index is 2250. The number of benzene rings is 4. The second-order valence-electron chi connectivity index (χ2n) is 13.9. The molecule has 8 rings (SSSR count). The third kappa shape index (κ3) is 5.57. The van der Waals surface area contributed by atoms with Crippen LogP contribution in [0.4, 0.5) is 11.4 Å². The first-order valence-corrected chi connectivity index (χ1v) is 19.4. The molecule has 6 atom stereocenters. The van der Waals surface area contributed by atoms with Gasteiger partial charge in [0.25, 0.3) is 11.8 Å². The zero-order valence-corrected chi connectivity index (χ0v) is 32.8. The Labute approximate surface area is 335 Å². The van der Waals surface area contributed by atoms with Crippen LogP contribution in [0, 0.1) is 27.2 Å². The van der Waals surface area contributed by atoms with Gasteiger partial charge in [0.2, 0.25) is 11.8 Å². The minimum absolute atomic E-state index is 0.0834. The Balaban J connectivity index is 1.34. The minimum atomic E-state index is -1.55. The van der Waals surface area contributed by atoms with Crippen LogP contribution in [0.15, 0.2) is 96.6 Å². The largest absolute Gasteiger partial charge is 0.504 e. The van der Waals surface area contributed by atoms with Crippen LogP contribution >= 0.6 is 45.8 Å². The number of nitrogens with one attached hydrogen (secondary N) is 1. The van der Waals surface area contributed by atoms with Crippen molar-refractivity contribution in [3.8, 4) is 17.2 Å². The third-order valence-electron chi connectivity index (χ3n) is 11.3. The molecule has 0 unspecified atom stereocenters. The van der Waals surface area contributed by atoms with E-state index in [9.17, 15) is 19.5 Å². The van der Waals surface area contributed by atoms with E-state index < -0.39 is 46.8 Å². The molecular formula is C41H34Cl2IN3O7. The van der Waals surface area contributed by atoms with Gasteiger partial charge in [-0.25, -0.2) is 0 Å². The first kappa shape index (κ1) is 36.4. The van der Waals surface area contributed by atoms with E-state index >= 15 is 4.79 Å². The molecule has 0 spiro atoms. The Morgan fingerprint density at radius 2 is 1.65 bits per heavy atom. The average Bonchev–Trinajstić information content (AvgIpc) is 3.54. The summed E-state index contributed by atoms with van der Waals surface area (Å²) in [5.41, 5.74) is 4.18. The minimum Gasteiger partial charge on any atom is -0.504 e. The maximum atomic E-state index is 15.5. The molecular weight excluding hydrogens is 844 g/mol. The number of hydrogen-bond acceptors (Lipinski definition) is 8. The number of hydrazine groups is 1. The summed E-state index contributed by atoms with van der Waals surface area (Å²) >= 11 is 14.9. The van der Waals surface area contributed by atoms with E-state index in [1.165, 1.54) is 17.0 Å². The summed E-state index contributed by atoms with van der Waals surface area (Å²) in [6.45, 7) is 2.07. The van der Waals surface area contributed by atoms with E-state index in [2.05, 4.69) is 28.0 Å². The number of anilines is 2. The number of carbonyl (C=O) groups excluding carboxylic acids is 4. The molecule has 4 amide bonds. The quantitative estimate of drug-likeness (QED) is 0.104. The normalized spacial score (nSPS) is 25.9. The highest BCUT2D eigenvalue weighted by atomic mass is 127. The monoisotopic (exact) mass is 877 g/mol. The average molecular weight is 879 g/mol. The van der Waals surface area contributed by atoms with Gasteiger partial charge in [-0.1, -0.05) is 53.1 Å². The number of nitrogens with zero attached hydrogens (tertiary/aromatic N) is 2. The number of ether oxygens (including phenoxy) is 2. The number of halogens is 3. The van der Waals surface area contributed by atoms with Crippen molar-refractivity contribution < 1.29 is 33.8 Å². The summed E-state index contributed by atoms with van der Waals surface area (Å²) in [5.74, 6) is -4.79. The first-order valence-electron chi connectivity index (χ1n) is 17.5. The van der Waals surface area contributed by atoms with Crippen molar-refractivity contribution in [2.45, 2.75) is 31.1 Å². The lowest BCUT2D eigenvalue weighted by atomic mass is 9.49. The summed E-state index contributed by atoms with van der Waals surface area (Å²) in [6, 6.07) is 23.9. The number of phenols is 1. The van der Waals surface area contributed by atoms with Crippen LogP contribution in [0.3, 0.4) is 0 Å². The van der Waals surface area contributed by atoms with Crippen LogP contribution in [0.1, 0.15) is 36.8 Å². The standard InChI is InChI=1S/C41H34Cl2IN3O7/c1-3-54-34-18-21(4-17-33(34)48)36-27-14-15-28-35(39(51)46(37(28)49)25-10-8-24(44)9-11-25)29(27)20-30-38(50)47(45-32-16-7-23(42)19-31(32)43)40(52)41(30,36)22-5-12-26(53-2)13-6-22/h4-14,16-19,28-30,35-36,45,48H,3,15,20H2,1-2H3/t28-,29+,30-,35-,36-,41+/m0/s1. The molecule has 13 heteroatoms. The fourth-order valence-corrected chi connectivity index (χ4v) is 9.85. The van der Waals surface area contributed by atoms with Crippen molar-refractivity contribution in [3.63, 3.8) is 0 Å². The van der Waals surface area contributed by atoms with Gasteiger partial charge in [0.15, 0.2) is 11.5 Å². The maximum absolute atomic E-state index is 15.5. The van der Waals surface area contributed by atoms with Crippen LogP contribution in [-0.2, 0) is 24.6 Å². The molecule has 276 valence electrons. The van der Waals surface area contributed by atoms with Crippen molar-refractivity contribution in [3.05, 3.63) is 121 Å². The van der Waals surface area contributed by atoms with Gasteiger partial charge < -0.3 is 14.6 Å². The lowest BCUT2D eigenvalue weighted by Crippen LogP contribution is -2.53. The van der Waals surface area contributed by atoms with Crippen LogP contribution in [0.2, 0.25) is 10.0 Å². The van der Waals surface area contributed by atoms with Crippen molar-refractivity contribution >= 4 is 80.8 Å². The molecule has 0 bridgehead atoms. The van der Waals surface area contributed by atoms with Gasteiger partial charge in [-0.2, -0.15) is 5.01 Å². The van der Waals surface area contributed by atoms with E-state index in [-0.39, 0.29) is 47.8 Å². The number of fused-ring (bicyclic) bond motifs is 4. The molecule has 10 nitrogen and oxygen atoms in total. The van der Waals surface area contributed by atoms with Crippen LogP contribution in [-0.4, -0.2) is 47.5 Å². The summed E-state index contributed by atoms with van der Waals surface area (Å²) in [6.07, 6.45) is 2.36. The summed E-state index contributed by atoms with van der Waals surface area (Å²) in [7, 11) is 1.55. The van der Waals surface area contributed by atoms with Crippen molar-refractivity contribution in [2.24, 2.45) is 23.7 Å². The summed E-state index contributed by atoms with van der Waals surface area (Å²) in [5, 5.41) is 12.4. The van der Waals surface area contributed by atoms with Gasteiger partial charge in [0.05, 0.1) is 53.3 Å². The van der Waals surface area contributed by atoms with Crippen molar-refractivity contribution in [1.82, 2.24) is 5.01 Å². The fourth-order valence-electron chi connectivity index (χ4n) is 9.04. The molecule has 54 heavy (non-hydrogen) atoms. The number of aromatic hydroxyl groups is 1. The number of allylic oxidation sites excluding steroid dienone is 2. The third-order valence-corrected chi connectivity index (χ3v) is 12.5. The number of amides is 4. The van der Waals surface area contributed by atoms with Gasteiger partial charge >= 0.3 is 0 Å². The SMILES string of the molecule is CCOc1cc([C@H]2C3=CC[C@@H]4C(=O)N(c5ccc(I)cc5)C(=O)[C@@H]4[C@@H]3C[C@H]3C(=O)N(Nc4ccc(Cl)cc4Cl)C(=O)[C@@]23c2ccc(OC)cc2)ccc1O. The molecule has 2 saturated heterocycles. The molecule has 2 aliphatic carbocycles. The Kier molecular flexibility index (Phi) is 9.38. The van der Waals surface area contributed by atoms with E-state index in [0.29, 0.717) is 33.3 Å². The Morgan fingerprint density at radius 3 is 2.33 bits per heavy atom. The number of methoxy groups -OCH3 is 1. The smallest absolute Gasteiger partial charge is 0.260 e. The highest BCUT2D eigenvalue weighted by Gasteiger charge is 2.70. The van der Waals surface area contributed by atoms with E-state index in [0.717, 1.165) is 14.2 Å². The second kappa shape index (κ2) is 13.9. The van der Waals surface area contributed by atoms with E-state index in [1.54, 1.807) is 74.7 Å². The van der Waals surface area contributed by atoms with Crippen LogP contribution in [0.5, 0.6) is 17.2 Å². The predicted octanol–water partition coefficient (Wildman–Crippen LogP) is 7.90.